The zero-order valence-electron chi connectivity index (χ0n) is 22.2. The Labute approximate surface area is 224 Å². The molecule has 2 amide bonds. The zero-order chi connectivity index (χ0) is 26.8. The van der Waals surface area contributed by atoms with Crippen LogP contribution in [0.1, 0.15) is 75.7 Å². The van der Waals surface area contributed by atoms with E-state index in [0.29, 0.717) is 36.0 Å². The molecule has 7 nitrogen and oxygen atoms in total. The Kier molecular flexibility index (Phi) is 8.14. The Morgan fingerprint density at radius 2 is 1.81 bits per heavy atom. The van der Waals surface area contributed by atoms with E-state index in [0.717, 1.165) is 18.4 Å². The number of ether oxygens (including phenoxy) is 1. The summed E-state index contributed by atoms with van der Waals surface area (Å²) in [6, 6.07) is 9.94. The summed E-state index contributed by atoms with van der Waals surface area (Å²) in [5.74, 6) is -0.0946. The number of hydrogen-bond donors (Lipinski definition) is 2. The molecule has 0 spiro atoms. The Morgan fingerprint density at radius 1 is 1.14 bits per heavy atom. The van der Waals surface area contributed by atoms with Crippen LogP contribution in [-0.2, 0) is 10.4 Å². The molecule has 1 aliphatic carbocycles. The van der Waals surface area contributed by atoms with Gasteiger partial charge in [-0.2, -0.15) is 0 Å². The molecular formula is C29H38ClN3O4. The number of hydrogen-bond acceptors (Lipinski definition) is 5. The van der Waals surface area contributed by atoms with Crippen LogP contribution in [0.15, 0.2) is 42.6 Å². The summed E-state index contributed by atoms with van der Waals surface area (Å²) in [6.45, 7) is 8.50. The molecule has 0 unspecified atom stereocenters. The molecule has 2 N–H and O–H groups in total. The first-order valence-electron chi connectivity index (χ1n) is 13.2. The first-order valence-corrected chi connectivity index (χ1v) is 13.6. The van der Waals surface area contributed by atoms with Crippen molar-refractivity contribution in [1.29, 1.82) is 0 Å². The Bertz CT molecular complexity index is 1100. The van der Waals surface area contributed by atoms with Crippen LogP contribution in [0.2, 0.25) is 5.02 Å². The lowest BCUT2D eigenvalue weighted by Gasteiger charge is -2.51. The quantitative estimate of drug-likeness (QED) is 0.531. The van der Waals surface area contributed by atoms with Crippen LogP contribution < -0.4 is 10.1 Å². The second-order valence-electron chi connectivity index (χ2n) is 11.4. The van der Waals surface area contributed by atoms with E-state index in [1.807, 2.05) is 39.8 Å². The minimum absolute atomic E-state index is 0.116. The van der Waals surface area contributed by atoms with Crippen molar-refractivity contribution in [2.75, 3.05) is 13.1 Å². The third kappa shape index (κ3) is 5.93. The fourth-order valence-electron chi connectivity index (χ4n) is 5.47. The largest absolute Gasteiger partial charge is 0.474 e. The summed E-state index contributed by atoms with van der Waals surface area (Å²) in [5.41, 5.74) is -0.540. The van der Waals surface area contributed by atoms with E-state index in [9.17, 15) is 14.7 Å². The summed E-state index contributed by atoms with van der Waals surface area (Å²) in [6.07, 6.45) is 6.49. The average Bonchev–Trinajstić information content (AvgIpc) is 3.37. The Balaban J connectivity index is 1.42. The van der Waals surface area contributed by atoms with Gasteiger partial charge in [-0.3, -0.25) is 9.59 Å². The highest BCUT2D eigenvalue weighted by Gasteiger charge is 2.50. The molecular weight excluding hydrogens is 490 g/mol. The summed E-state index contributed by atoms with van der Waals surface area (Å²) >= 11 is 6.04. The number of aliphatic hydroxyl groups is 1. The molecule has 1 saturated heterocycles. The molecule has 1 aromatic carbocycles. The van der Waals surface area contributed by atoms with E-state index in [2.05, 4.69) is 10.3 Å². The van der Waals surface area contributed by atoms with Crippen molar-refractivity contribution in [2.45, 2.75) is 77.5 Å². The number of aromatic nitrogens is 1. The van der Waals surface area contributed by atoms with E-state index in [-0.39, 0.29) is 23.8 Å². The van der Waals surface area contributed by atoms with Crippen molar-refractivity contribution in [3.05, 3.63) is 58.7 Å². The predicted octanol–water partition coefficient (Wildman–Crippen LogP) is 4.96. The fourth-order valence-corrected chi connectivity index (χ4v) is 5.59. The molecule has 2 atom stereocenters. The van der Waals surface area contributed by atoms with Gasteiger partial charge in [-0.1, -0.05) is 51.4 Å². The van der Waals surface area contributed by atoms with Crippen molar-refractivity contribution in [1.82, 2.24) is 15.2 Å². The van der Waals surface area contributed by atoms with Gasteiger partial charge >= 0.3 is 0 Å². The highest BCUT2D eigenvalue weighted by Crippen LogP contribution is 2.46. The highest BCUT2D eigenvalue weighted by atomic mass is 35.5. The van der Waals surface area contributed by atoms with E-state index >= 15 is 0 Å². The smallest absolute Gasteiger partial charge is 0.253 e. The number of benzene rings is 1. The minimum atomic E-state index is -1.10. The van der Waals surface area contributed by atoms with Crippen LogP contribution >= 0.6 is 11.6 Å². The van der Waals surface area contributed by atoms with Crippen molar-refractivity contribution in [3.8, 4) is 5.88 Å². The van der Waals surface area contributed by atoms with E-state index in [4.69, 9.17) is 16.3 Å². The number of nitrogens with one attached hydrogen (secondary N) is 1. The summed E-state index contributed by atoms with van der Waals surface area (Å²) in [5, 5.41) is 15.2. The van der Waals surface area contributed by atoms with Gasteiger partial charge in [0.2, 0.25) is 11.8 Å². The maximum Gasteiger partial charge on any atom is 0.253 e. The van der Waals surface area contributed by atoms with Crippen LogP contribution in [0.4, 0.5) is 0 Å². The average molecular weight is 528 g/mol. The van der Waals surface area contributed by atoms with Crippen LogP contribution in [0, 0.1) is 11.3 Å². The molecule has 37 heavy (non-hydrogen) atoms. The first kappa shape index (κ1) is 27.4. The lowest BCUT2D eigenvalue weighted by atomic mass is 9.66. The topological polar surface area (TPSA) is 91.8 Å². The summed E-state index contributed by atoms with van der Waals surface area (Å²) in [7, 11) is 0. The summed E-state index contributed by atoms with van der Waals surface area (Å²) < 4.78 is 5.89. The van der Waals surface area contributed by atoms with Gasteiger partial charge in [0.05, 0.1) is 11.2 Å². The van der Waals surface area contributed by atoms with Crippen molar-refractivity contribution < 1.29 is 19.4 Å². The van der Waals surface area contributed by atoms with Crippen molar-refractivity contribution >= 4 is 23.4 Å². The molecule has 8 heteroatoms. The van der Waals surface area contributed by atoms with Crippen molar-refractivity contribution in [3.63, 3.8) is 0 Å². The van der Waals surface area contributed by atoms with Gasteiger partial charge in [-0.25, -0.2) is 4.98 Å². The molecule has 0 bridgehead atoms. The van der Waals surface area contributed by atoms with Gasteiger partial charge < -0.3 is 20.1 Å². The lowest BCUT2D eigenvalue weighted by molar-refractivity contribution is -0.155. The molecule has 2 aromatic rings. The van der Waals surface area contributed by atoms with Crippen molar-refractivity contribution in [2.24, 2.45) is 11.3 Å². The minimum Gasteiger partial charge on any atom is -0.474 e. The number of likely N-dealkylation sites (tertiary alicyclic amines) is 1. The number of nitrogens with zero attached hydrogens (tertiary/aromatic N) is 2. The second-order valence-corrected chi connectivity index (χ2v) is 11.8. The zero-order valence-corrected chi connectivity index (χ0v) is 22.9. The summed E-state index contributed by atoms with van der Waals surface area (Å²) in [4.78, 5) is 32.7. The number of rotatable bonds is 7. The number of carbonyl (C=O) groups excluding carboxylic acids is 2. The van der Waals surface area contributed by atoms with Gasteiger partial charge in [0.25, 0.3) is 5.91 Å². The van der Waals surface area contributed by atoms with Gasteiger partial charge in [0, 0.05) is 35.8 Å². The SMILES string of the molecule is CC(C)[C@@H](NC(=O)c1ccc(OC2CCCC2)nc1)C(=O)N1CC[C@](O)(c2ccc(Cl)cc2)C(C)(C)C1. The van der Waals surface area contributed by atoms with E-state index < -0.39 is 17.1 Å². The number of amides is 2. The third-order valence-corrected chi connectivity index (χ3v) is 8.14. The van der Waals surface area contributed by atoms with E-state index in [1.54, 1.807) is 29.2 Å². The lowest BCUT2D eigenvalue weighted by Crippen LogP contribution is -2.60. The molecule has 1 saturated carbocycles. The van der Waals surface area contributed by atoms with Crippen LogP contribution in [0.3, 0.4) is 0 Å². The molecule has 0 radical (unpaired) electrons. The number of pyridine rings is 1. The number of carbonyl (C=O) groups is 2. The monoisotopic (exact) mass is 527 g/mol. The van der Waals surface area contributed by atoms with E-state index in [1.165, 1.54) is 19.0 Å². The molecule has 2 heterocycles. The van der Waals surface area contributed by atoms with Gasteiger partial charge in [-0.05, 0) is 61.8 Å². The molecule has 1 aliphatic heterocycles. The molecule has 2 aliphatic rings. The number of halogens is 1. The second kappa shape index (κ2) is 11.0. The Hall–Kier alpha value is -2.64. The highest BCUT2D eigenvalue weighted by molar-refractivity contribution is 6.30. The molecule has 4 rings (SSSR count). The predicted molar refractivity (Wildman–Crippen MR) is 144 cm³/mol. The van der Waals surface area contributed by atoms with Crippen LogP contribution in [0.5, 0.6) is 5.88 Å². The Morgan fingerprint density at radius 3 is 2.38 bits per heavy atom. The third-order valence-electron chi connectivity index (χ3n) is 7.89. The normalized spacial score (nSPS) is 22.6. The fraction of sp³-hybridized carbons (Fsp3) is 0.552. The molecule has 1 aromatic heterocycles. The first-order chi connectivity index (χ1) is 17.5. The maximum absolute atomic E-state index is 13.6. The van der Waals surface area contributed by atoms with Crippen LogP contribution in [-0.4, -0.2) is 52.0 Å². The molecule has 200 valence electrons. The van der Waals surface area contributed by atoms with Gasteiger partial charge in [0.1, 0.15) is 12.1 Å². The van der Waals surface area contributed by atoms with Gasteiger partial charge in [0.15, 0.2) is 0 Å². The molecule has 2 fully saturated rings. The number of piperidine rings is 1. The maximum atomic E-state index is 13.6. The van der Waals surface area contributed by atoms with Crippen LogP contribution in [0.25, 0.3) is 0 Å². The van der Waals surface area contributed by atoms with Gasteiger partial charge in [-0.15, -0.1) is 0 Å². The standard InChI is InChI=1S/C29H38ClN3O4/c1-19(2)25(32-26(34)20-9-14-24(31-17-20)37-23-7-5-6-8-23)27(35)33-16-15-29(36,28(3,4)18-33)21-10-12-22(30)13-11-21/h9-14,17,19,23,25,36H,5-8,15-16,18H2,1-4H3,(H,32,34)/t25-,29+/m1/s1.